The second-order valence-electron chi connectivity index (χ2n) is 16.6. The molecule has 0 bridgehead atoms. The molecule has 0 fully saturated rings. The average Bonchev–Trinajstić information content (AvgIpc) is 3.09. The monoisotopic (exact) mass is 691 g/mol. The van der Waals surface area contributed by atoms with E-state index in [9.17, 15) is 4.79 Å². The van der Waals surface area contributed by atoms with Crippen molar-refractivity contribution >= 4 is 5.97 Å². The van der Waals surface area contributed by atoms with Gasteiger partial charge in [0.25, 0.3) is 0 Å². The minimum atomic E-state index is 0.0317. The Balaban J connectivity index is 3.14. The van der Waals surface area contributed by atoms with E-state index in [4.69, 9.17) is 4.74 Å². The number of carbonyl (C=O) groups is 1. The van der Waals surface area contributed by atoms with Crippen LogP contribution in [0.25, 0.3) is 0 Å². The summed E-state index contributed by atoms with van der Waals surface area (Å²) in [7, 11) is 0. The first-order chi connectivity index (χ1) is 24.2. The van der Waals surface area contributed by atoms with Crippen LogP contribution >= 0.6 is 0 Å². The van der Waals surface area contributed by atoms with Crippen molar-refractivity contribution in [3.63, 3.8) is 0 Å². The van der Waals surface area contributed by atoms with Crippen molar-refractivity contribution in [3.05, 3.63) is 0 Å². The molecular formula is C47H94O2. The second kappa shape index (κ2) is 43.6. The van der Waals surface area contributed by atoms with Crippen LogP contribution in [0, 0.1) is 5.92 Å². The van der Waals surface area contributed by atoms with Crippen molar-refractivity contribution in [1.82, 2.24) is 0 Å². The Morgan fingerprint density at radius 2 is 0.592 bits per heavy atom. The van der Waals surface area contributed by atoms with Crippen molar-refractivity contribution in [2.45, 2.75) is 284 Å². The molecular weight excluding hydrogens is 597 g/mol. The summed E-state index contributed by atoms with van der Waals surface area (Å²) < 4.78 is 5.48. The highest BCUT2D eigenvalue weighted by Gasteiger charge is 2.03. The van der Waals surface area contributed by atoms with Crippen LogP contribution in [0.15, 0.2) is 0 Å². The normalized spacial score (nSPS) is 11.6. The Labute approximate surface area is 311 Å². The van der Waals surface area contributed by atoms with Gasteiger partial charge in [0.1, 0.15) is 0 Å². The van der Waals surface area contributed by atoms with Crippen molar-refractivity contribution < 1.29 is 9.53 Å². The molecule has 0 unspecified atom stereocenters. The smallest absolute Gasteiger partial charge is 0.305 e. The summed E-state index contributed by atoms with van der Waals surface area (Å²) >= 11 is 0. The van der Waals surface area contributed by atoms with Crippen molar-refractivity contribution in [2.75, 3.05) is 6.61 Å². The van der Waals surface area contributed by atoms with E-state index < -0.39 is 0 Å². The number of hydrogen-bond acceptors (Lipinski definition) is 2. The van der Waals surface area contributed by atoms with E-state index in [2.05, 4.69) is 20.8 Å². The minimum Gasteiger partial charge on any atom is -0.466 e. The van der Waals surface area contributed by atoms with Crippen LogP contribution in [0.1, 0.15) is 284 Å². The Hall–Kier alpha value is -0.530. The van der Waals surface area contributed by atoms with Gasteiger partial charge in [0, 0.05) is 6.42 Å². The summed E-state index contributed by atoms with van der Waals surface area (Å²) in [6, 6.07) is 0. The molecule has 0 aliphatic heterocycles. The zero-order valence-electron chi connectivity index (χ0n) is 34.6. The third-order valence-corrected chi connectivity index (χ3v) is 10.9. The fraction of sp³-hybridized carbons (Fsp3) is 0.979. The minimum absolute atomic E-state index is 0.0317. The molecule has 0 amide bonds. The molecule has 0 spiro atoms. The molecule has 0 aliphatic carbocycles. The molecule has 0 rings (SSSR count). The highest BCUT2D eigenvalue weighted by molar-refractivity contribution is 5.69. The third kappa shape index (κ3) is 45.4. The maximum Gasteiger partial charge on any atom is 0.305 e. The molecule has 0 saturated carbocycles. The zero-order valence-corrected chi connectivity index (χ0v) is 34.6. The number of hydrogen-bond donors (Lipinski definition) is 0. The fourth-order valence-corrected chi connectivity index (χ4v) is 7.44. The first-order valence-corrected chi connectivity index (χ1v) is 23.3. The predicted octanol–water partition coefficient (Wildman–Crippen LogP) is 17.2. The summed E-state index contributed by atoms with van der Waals surface area (Å²) in [4.78, 5) is 12.0. The molecule has 294 valence electrons. The molecule has 0 aromatic heterocycles. The number of rotatable bonds is 43. The summed E-state index contributed by atoms with van der Waals surface area (Å²) in [5.74, 6) is 0.904. The number of carbonyl (C=O) groups excluding carboxylic acids is 1. The lowest BCUT2D eigenvalue weighted by Gasteiger charge is -2.06. The standard InChI is InChI=1S/C47H94O2/c1-4-5-6-7-8-9-10-11-12-13-14-15-16-17-18-19-20-21-22-23-26-29-32-35-38-41-44-47(48)49-45-42-39-36-33-30-27-24-25-28-31-34-37-40-43-46(2)3/h46H,4-45H2,1-3H3. The molecule has 49 heavy (non-hydrogen) atoms. The SMILES string of the molecule is CCCCCCCCCCCCCCCCCCCCCCCCCCCCC(=O)OCCCCCCCCCCCCCCCC(C)C. The predicted molar refractivity (Wildman–Crippen MR) is 221 cm³/mol. The van der Waals surface area contributed by atoms with Gasteiger partial charge in [-0.1, -0.05) is 265 Å². The van der Waals surface area contributed by atoms with E-state index in [1.165, 1.54) is 244 Å². The van der Waals surface area contributed by atoms with Gasteiger partial charge in [0.05, 0.1) is 6.61 Å². The van der Waals surface area contributed by atoms with Crippen LogP contribution in [-0.2, 0) is 9.53 Å². The van der Waals surface area contributed by atoms with E-state index >= 15 is 0 Å². The lowest BCUT2D eigenvalue weighted by molar-refractivity contribution is -0.143. The Morgan fingerprint density at radius 3 is 0.878 bits per heavy atom. The summed E-state index contributed by atoms with van der Waals surface area (Å²) in [5.41, 5.74) is 0. The topological polar surface area (TPSA) is 26.3 Å². The van der Waals surface area contributed by atoms with Gasteiger partial charge in [0.15, 0.2) is 0 Å². The van der Waals surface area contributed by atoms with E-state index in [0.717, 1.165) is 18.8 Å². The van der Waals surface area contributed by atoms with Crippen LogP contribution in [-0.4, -0.2) is 12.6 Å². The first kappa shape index (κ1) is 48.5. The quantitative estimate of drug-likeness (QED) is 0.0470. The average molecular weight is 691 g/mol. The zero-order chi connectivity index (χ0) is 35.6. The highest BCUT2D eigenvalue weighted by atomic mass is 16.5. The van der Waals surface area contributed by atoms with Crippen LogP contribution in [0.2, 0.25) is 0 Å². The Morgan fingerprint density at radius 1 is 0.347 bits per heavy atom. The van der Waals surface area contributed by atoms with Gasteiger partial charge in [-0.25, -0.2) is 0 Å². The van der Waals surface area contributed by atoms with Gasteiger partial charge in [-0.05, 0) is 18.8 Å². The van der Waals surface area contributed by atoms with E-state index in [1.807, 2.05) is 0 Å². The van der Waals surface area contributed by atoms with Crippen LogP contribution in [0.3, 0.4) is 0 Å². The van der Waals surface area contributed by atoms with Gasteiger partial charge in [-0.2, -0.15) is 0 Å². The van der Waals surface area contributed by atoms with Crippen LogP contribution in [0.4, 0.5) is 0 Å². The number of ether oxygens (including phenoxy) is 1. The molecule has 2 heteroatoms. The molecule has 0 radical (unpaired) electrons. The molecule has 0 heterocycles. The summed E-state index contributed by atoms with van der Waals surface area (Å²) in [6.07, 6.45) is 56.5. The molecule has 0 atom stereocenters. The largest absolute Gasteiger partial charge is 0.466 e. The molecule has 0 saturated heterocycles. The highest BCUT2D eigenvalue weighted by Crippen LogP contribution is 2.17. The maximum atomic E-state index is 12.0. The van der Waals surface area contributed by atoms with Crippen molar-refractivity contribution in [2.24, 2.45) is 5.92 Å². The van der Waals surface area contributed by atoms with E-state index in [-0.39, 0.29) is 5.97 Å². The first-order valence-electron chi connectivity index (χ1n) is 23.3. The molecule has 0 aromatic rings. The van der Waals surface area contributed by atoms with Gasteiger partial charge < -0.3 is 4.74 Å². The second-order valence-corrected chi connectivity index (χ2v) is 16.6. The van der Waals surface area contributed by atoms with Crippen molar-refractivity contribution in [3.8, 4) is 0 Å². The van der Waals surface area contributed by atoms with E-state index in [0.29, 0.717) is 13.0 Å². The van der Waals surface area contributed by atoms with Crippen LogP contribution < -0.4 is 0 Å². The summed E-state index contributed by atoms with van der Waals surface area (Å²) in [6.45, 7) is 7.61. The lowest BCUT2D eigenvalue weighted by atomic mass is 10.0. The lowest BCUT2D eigenvalue weighted by Crippen LogP contribution is -2.05. The van der Waals surface area contributed by atoms with Gasteiger partial charge in [0.2, 0.25) is 0 Å². The Bertz CT molecular complexity index is 599. The maximum absolute atomic E-state index is 12.0. The van der Waals surface area contributed by atoms with Gasteiger partial charge in [-0.3, -0.25) is 4.79 Å². The number of unbranched alkanes of at least 4 members (excludes halogenated alkanes) is 37. The molecule has 0 aromatic carbocycles. The molecule has 0 aliphatic rings. The molecule has 2 nitrogen and oxygen atoms in total. The van der Waals surface area contributed by atoms with Crippen LogP contribution in [0.5, 0.6) is 0 Å². The molecule has 0 N–H and O–H groups in total. The Kier molecular flexibility index (Phi) is 43.2. The van der Waals surface area contributed by atoms with Crippen molar-refractivity contribution in [1.29, 1.82) is 0 Å². The summed E-state index contributed by atoms with van der Waals surface area (Å²) in [5, 5.41) is 0. The number of esters is 1. The van der Waals surface area contributed by atoms with Gasteiger partial charge >= 0.3 is 5.97 Å². The van der Waals surface area contributed by atoms with E-state index in [1.54, 1.807) is 0 Å². The van der Waals surface area contributed by atoms with Gasteiger partial charge in [-0.15, -0.1) is 0 Å². The fourth-order valence-electron chi connectivity index (χ4n) is 7.44. The third-order valence-electron chi connectivity index (χ3n) is 10.9.